The van der Waals surface area contributed by atoms with Gasteiger partial charge in [-0.3, -0.25) is 4.79 Å². The average Bonchev–Trinajstić information content (AvgIpc) is 2.55. The molecule has 0 unspecified atom stereocenters. The van der Waals surface area contributed by atoms with Gasteiger partial charge < -0.3 is 14.7 Å². The minimum Gasteiger partial charge on any atom is -0.482 e. The number of likely N-dealkylation sites (N-methyl/N-ethyl adjacent to an activating group) is 1. The van der Waals surface area contributed by atoms with Crippen LogP contribution < -0.4 is 9.64 Å². The summed E-state index contributed by atoms with van der Waals surface area (Å²) in [5.41, 5.74) is 5.23. The van der Waals surface area contributed by atoms with Crippen molar-refractivity contribution in [1.82, 2.24) is 0 Å². The van der Waals surface area contributed by atoms with E-state index in [1.165, 1.54) is 5.56 Å². The SMILES string of the molecule is Cc1cc(C)c(CC(=O)N(C)c2ccc(OCC(=O)O)cc2)c(C)c1. The van der Waals surface area contributed by atoms with Gasteiger partial charge in [0.1, 0.15) is 5.75 Å². The summed E-state index contributed by atoms with van der Waals surface area (Å²) in [6, 6.07) is 11.0. The van der Waals surface area contributed by atoms with E-state index >= 15 is 0 Å². The molecule has 132 valence electrons. The zero-order valence-corrected chi connectivity index (χ0v) is 15.0. The number of nitrogens with zero attached hydrogens (tertiary/aromatic N) is 1. The van der Waals surface area contributed by atoms with E-state index in [0.717, 1.165) is 22.4 Å². The van der Waals surface area contributed by atoms with Crippen molar-refractivity contribution in [3.8, 4) is 5.75 Å². The van der Waals surface area contributed by atoms with E-state index in [1.807, 2.05) is 20.8 Å². The largest absolute Gasteiger partial charge is 0.482 e. The highest BCUT2D eigenvalue weighted by Crippen LogP contribution is 2.21. The Hall–Kier alpha value is -2.82. The molecule has 0 heterocycles. The maximum atomic E-state index is 12.6. The summed E-state index contributed by atoms with van der Waals surface area (Å²) in [4.78, 5) is 24.7. The Morgan fingerprint density at radius 2 is 1.60 bits per heavy atom. The van der Waals surface area contributed by atoms with Crippen LogP contribution in [0.3, 0.4) is 0 Å². The molecule has 2 aromatic carbocycles. The van der Waals surface area contributed by atoms with Gasteiger partial charge in [-0.05, 0) is 61.7 Å². The van der Waals surface area contributed by atoms with Crippen molar-refractivity contribution >= 4 is 17.6 Å². The lowest BCUT2D eigenvalue weighted by molar-refractivity contribution is -0.139. The van der Waals surface area contributed by atoms with Crippen LogP contribution in [0.5, 0.6) is 5.75 Å². The summed E-state index contributed by atoms with van der Waals surface area (Å²) in [6.45, 7) is 5.71. The molecule has 0 spiro atoms. The normalized spacial score (nSPS) is 10.4. The molecule has 0 aliphatic heterocycles. The maximum Gasteiger partial charge on any atom is 0.341 e. The molecule has 5 heteroatoms. The first-order valence-electron chi connectivity index (χ1n) is 8.06. The number of anilines is 1. The smallest absolute Gasteiger partial charge is 0.341 e. The van der Waals surface area contributed by atoms with Crippen LogP contribution in [0, 0.1) is 20.8 Å². The summed E-state index contributed by atoms with van der Waals surface area (Å²) >= 11 is 0. The molecular weight excluding hydrogens is 318 g/mol. The number of aliphatic carboxylic acids is 1. The van der Waals surface area contributed by atoms with Crippen molar-refractivity contribution in [1.29, 1.82) is 0 Å². The Morgan fingerprint density at radius 3 is 2.12 bits per heavy atom. The fourth-order valence-corrected chi connectivity index (χ4v) is 2.81. The standard InChI is InChI=1S/C20H23NO4/c1-13-9-14(2)18(15(3)10-13)11-19(22)21(4)16-5-7-17(8-6-16)25-12-20(23)24/h5-10H,11-12H2,1-4H3,(H,23,24). The number of benzene rings is 2. The number of hydrogen-bond donors (Lipinski definition) is 1. The number of carbonyl (C=O) groups is 2. The summed E-state index contributed by atoms with van der Waals surface area (Å²) in [7, 11) is 1.73. The van der Waals surface area contributed by atoms with Gasteiger partial charge >= 0.3 is 5.97 Å². The fraction of sp³-hybridized carbons (Fsp3) is 0.300. The van der Waals surface area contributed by atoms with Crippen LogP contribution >= 0.6 is 0 Å². The van der Waals surface area contributed by atoms with Crippen LogP contribution in [0.15, 0.2) is 36.4 Å². The Morgan fingerprint density at radius 1 is 1.04 bits per heavy atom. The van der Waals surface area contributed by atoms with Gasteiger partial charge in [0.05, 0.1) is 6.42 Å². The molecule has 5 nitrogen and oxygen atoms in total. The monoisotopic (exact) mass is 341 g/mol. The Bertz CT molecular complexity index is 758. The summed E-state index contributed by atoms with van der Waals surface area (Å²) < 4.78 is 5.10. The second-order valence-corrected chi connectivity index (χ2v) is 6.18. The molecule has 0 atom stereocenters. The van der Waals surface area contributed by atoms with Crippen LogP contribution in [0.4, 0.5) is 5.69 Å². The molecule has 0 aliphatic carbocycles. The van der Waals surface area contributed by atoms with Gasteiger partial charge in [0.25, 0.3) is 0 Å². The second kappa shape index (κ2) is 7.83. The molecule has 2 aromatic rings. The van der Waals surface area contributed by atoms with Crippen LogP contribution in [0.2, 0.25) is 0 Å². The third-order valence-corrected chi connectivity index (χ3v) is 4.13. The zero-order valence-electron chi connectivity index (χ0n) is 15.0. The minimum absolute atomic E-state index is 0.00532. The number of hydrogen-bond acceptors (Lipinski definition) is 3. The molecule has 1 amide bonds. The number of carboxylic acids is 1. The van der Waals surface area contributed by atoms with Gasteiger partial charge in [-0.1, -0.05) is 17.7 Å². The first-order chi connectivity index (χ1) is 11.8. The first kappa shape index (κ1) is 18.5. The fourth-order valence-electron chi connectivity index (χ4n) is 2.81. The highest BCUT2D eigenvalue weighted by Gasteiger charge is 2.15. The van der Waals surface area contributed by atoms with Crippen molar-refractivity contribution in [3.63, 3.8) is 0 Å². The zero-order chi connectivity index (χ0) is 18.6. The topological polar surface area (TPSA) is 66.8 Å². The average molecular weight is 341 g/mol. The number of ether oxygens (including phenoxy) is 1. The van der Waals surface area contributed by atoms with Gasteiger partial charge in [0.15, 0.2) is 6.61 Å². The molecule has 0 aliphatic rings. The summed E-state index contributed by atoms with van der Waals surface area (Å²) in [5.74, 6) is -0.577. The minimum atomic E-state index is -1.03. The van der Waals surface area contributed by atoms with Crippen molar-refractivity contribution in [2.75, 3.05) is 18.6 Å². The molecule has 0 radical (unpaired) electrons. The third kappa shape index (κ3) is 4.83. The van der Waals surface area contributed by atoms with Gasteiger partial charge in [0, 0.05) is 12.7 Å². The van der Waals surface area contributed by atoms with Gasteiger partial charge in [0.2, 0.25) is 5.91 Å². The van der Waals surface area contributed by atoms with Crippen molar-refractivity contribution < 1.29 is 19.4 Å². The van der Waals surface area contributed by atoms with Crippen molar-refractivity contribution in [2.45, 2.75) is 27.2 Å². The number of carbonyl (C=O) groups excluding carboxylic acids is 1. The van der Waals surface area contributed by atoms with E-state index in [-0.39, 0.29) is 12.5 Å². The highest BCUT2D eigenvalue weighted by atomic mass is 16.5. The number of aryl methyl sites for hydroxylation is 3. The quantitative estimate of drug-likeness (QED) is 0.875. The van der Waals surface area contributed by atoms with Gasteiger partial charge in [-0.15, -0.1) is 0 Å². The predicted molar refractivity (Wildman–Crippen MR) is 97.3 cm³/mol. The Kier molecular flexibility index (Phi) is 5.80. The van der Waals surface area contributed by atoms with Crippen molar-refractivity contribution in [3.05, 3.63) is 58.7 Å². The first-order valence-corrected chi connectivity index (χ1v) is 8.06. The van der Waals surface area contributed by atoms with Crippen LogP contribution in [-0.2, 0) is 16.0 Å². The van der Waals surface area contributed by atoms with Crippen LogP contribution in [-0.4, -0.2) is 30.6 Å². The molecule has 25 heavy (non-hydrogen) atoms. The molecule has 2 rings (SSSR count). The Labute approximate surface area is 147 Å². The number of amides is 1. The molecule has 1 N–H and O–H groups in total. The van der Waals surface area contributed by atoms with Gasteiger partial charge in [-0.2, -0.15) is 0 Å². The third-order valence-electron chi connectivity index (χ3n) is 4.13. The van der Waals surface area contributed by atoms with Crippen molar-refractivity contribution in [2.24, 2.45) is 0 Å². The molecule has 0 saturated carbocycles. The lowest BCUT2D eigenvalue weighted by Gasteiger charge is -2.19. The lowest BCUT2D eigenvalue weighted by atomic mass is 9.97. The maximum absolute atomic E-state index is 12.6. The summed E-state index contributed by atoms with van der Waals surface area (Å²) in [5, 5.41) is 8.61. The Balaban J connectivity index is 2.08. The molecule has 0 fully saturated rings. The molecular formula is C20H23NO4. The number of rotatable bonds is 6. The molecule has 0 bridgehead atoms. The molecule has 0 saturated heterocycles. The van der Waals surface area contributed by atoms with Gasteiger partial charge in [-0.25, -0.2) is 4.79 Å². The van der Waals surface area contributed by atoms with E-state index in [9.17, 15) is 9.59 Å². The predicted octanol–water partition coefficient (Wildman–Crippen LogP) is 3.28. The van der Waals surface area contributed by atoms with E-state index < -0.39 is 5.97 Å². The van der Waals surface area contributed by atoms with E-state index in [2.05, 4.69) is 12.1 Å². The van der Waals surface area contributed by atoms with E-state index in [1.54, 1.807) is 36.2 Å². The van der Waals surface area contributed by atoms with E-state index in [4.69, 9.17) is 9.84 Å². The number of carboxylic acid groups (broad SMARTS) is 1. The summed E-state index contributed by atoms with van der Waals surface area (Å²) in [6.07, 6.45) is 0.339. The van der Waals surface area contributed by atoms with Crippen LogP contribution in [0.1, 0.15) is 22.3 Å². The molecule has 0 aromatic heterocycles. The lowest BCUT2D eigenvalue weighted by Crippen LogP contribution is -2.28. The van der Waals surface area contributed by atoms with E-state index in [0.29, 0.717) is 12.2 Å². The highest BCUT2D eigenvalue weighted by molar-refractivity contribution is 5.94. The van der Waals surface area contributed by atoms with Crippen LogP contribution in [0.25, 0.3) is 0 Å². The second-order valence-electron chi connectivity index (χ2n) is 6.18.